The van der Waals surface area contributed by atoms with E-state index in [2.05, 4.69) is 25.2 Å². The van der Waals surface area contributed by atoms with Crippen LogP contribution >= 0.6 is 35.2 Å². The molecule has 0 bridgehead atoms. The highest BCUT2D eigenvalue weighted by Crippen LogP contribution is 2.28. The van der Waals surface area contributed by atoms with Crippen LogP contribution in [0.15, 0.2) is 29.2 Å². The number of carbonyl (C=O) groups is 2. The molecule has 4 rings (SSSR count). The number of thiocarbonyl (C=S) groups is 1. The molecule has 2 aliphatic rings. The lowest BCUT2D eigenvalue weighted by molar-refractivity contribution is -0.134. The minimum Gasteiger partial charge on any atom is -0.357 e. The molecule has 2 amide bonds. The summed E-state index contributed by atoms with van der Waals surface area (Å²) in [5.41, 5.74) is 0.954. The fourth-order valence-electron chi connectivity index (χ4n) is 4.74. The number of halogens is 1. The summed E-state index contributed by atoms with van der Waals surface area (Å²) in [6, 6.07) is 4.89. The maximum Gasteiger partial charge on any atom is 0.280 e. The Morgan fingerprint density at radius 3 is 2.55 bits per heavy atom. The summed E-state index contributed by atoms with van der Waals surface area (Å²) in [4.78, 5) is 35.4. The number of carbonyl (C=O) groups excluding carboxylic acids is 2. The number of amides is 2. The smallest absolute Gasteiger partial charge is 0.280 e. The van der Waals surface area contributed by atoms with Gasteiger partial charge in [-0.2, -0.15) is 0 Å². The van der Waals surface area contributed by atoms with Gasteiger partial charge in [0.2, 0.25) is 5.91 Å². The van der Waals surface area contributed by atoms with Crippen LogP contribution in [-0.2, 0) is 27.8 Å². The lowest BCUT2D eigenvalue weighted by atomic mass is 9.81. The second-order valence-corrected chi connectivity index (χ2v) is 13.4. The maximum absolute atomic E-state index is 13.2. The molecular formula is C24H31ClN6O4S3. The molecular weight excluding hydrogens is 568 g/mol. The van der Waals surface area contributed by atoms with Crippen LogP contribution in [0.25, 0.3) is 0 Å². The number of rotatable bonds is 6. The Bertz CT molecular complexity index is 1310. The van der Waals surface area contributed by atoms with Crippen LogP contribution in [0.2, 0.25) is 5.02 Å². The second kappa shape index (κ2) is 11.8. The molecule has 38 heavy (non-hydrogen) atoms. The topological polar surface area (TPSA) is 124 Å². The van der Waals surface area contributed by atoms with Gasteiger partial charge in [-0.3, -0.25) is 14.3 Å². The van der Waals surface area contributed by atoms with Gasteiger partial charge in [0.05, 0.1) is 16.6 Å². The van der Waals surface area contributed by atoms with E-state index in [-0.39, 0.29) is 33.8 Å². The van der Waals surface area contributed by atoms with Crippen molar-refractivity contribution in [3.63, 3.8) is 0 Å². The summed E-state index contributed by atoms with van der Waals surface area (Å²) in [6.07, 6.45) is 2.27. The van der Waals surface area contributed by atoms with Crippen molar-refractivity contribution < 1.29 is 18.0 Å². The highest BCUT2D eigenvalue weighted by molar-refractivity contribution is 7.91. The average Bonchev–Trinajstić information content (AvgIpc) is 3.28. The number of nitrogens with zero attached hydrogens (tertiary/aromatic N) is 3. The van der Waals surface area contributed by atoms with Gasteiger partial charge >= 0.3 is 0 Å². The molecule has 1 saturated carbocycles. The van der Waals surface area contributed by atoms with Crippen molar-refractivity contribution in [2.45, 2.75) is 49.2 Å². The summed E-state index contributed by atoms with van der Waals surface area (Å²) < 4.78 is 27.9. The molecule has 1 aromatic heterocycles. The molecule has 0 saturated heterocycles. The van der Waals surface area contributed by atoms with Gasteiger partial charge in [-0.1, -0.05) is 11.6 Å². The molecule has 2 heterocycles. The van der Waals surface area contributed by atoms with Gasteiger partial charge in [0.25, 0.3) is 15.9 Å². The molecule has 1 aromatic carbocycles. The Morgan fingerprint density at radius 1 is 1.16 bits per heavy atom. The van der Waals surface area contributed by atoms with Crippen LogP contribution in [0.4, 0.5) is 0 Å². The first-order chi connectivity index (χ1) is 17.9. The van der Waals surface area contributed by atoms with Crippen LogP contribution in [0.5, 0.6) is 0 Å². The molecule has 1 fully saturated rings. The number of likely N-dealkylation sites (N-methyl/N-ethyl adjacent to an activating group) is 1. The Hall–Kier alpha value is -2.32. The van der Waals surface area contributed by atoms with E-state index < -0.39 is 16.1 Å². The van der Waals surface area contributed by atoms with E-state index >= 15 is 0 Å². The zero-order valence-corrected chi connectivity index (χ0v) is 24.6. The number of aromatic nitrogens is 1. The number of hydrogen-bond donors (Lipinski definition) is 3. The van der Waals surface area contributed by atoms with Gasteiger partial charge in [0.15, 0.2) is 10.1 Å². The molecule has 0 radical (unpaired) electrons. The summed E-state index contributed by atoms with van der Waals surface area (Å²) in [6.45, 7) is 1.65. The normalized spacial score (nSPS) is 21.7. The molecule has 1 aliphatic carbocycles. The zero-order valence-electron chi connectivity index (χ0n) is 21.4. The molecule has 3 atom stereocenters. The molecule has 206 valence electrons. The van der Waals surface area contributed by atoms with Crippen molar-refractivity contribution in [2.75, 3.05) is 27.7 Å². The number of thiazole rings is 1. The van der Waals surface area contributed by atoms with Crippen LogP contribution in [0.3, 0.4) is 0 Å². The summed E-state index contributed by atoms with van der Waals surface area (Å²) in [5, 5.41) is 6.82. The van der Waals surface area contributed by atoms with E-state index in [9.17, 15) is 18.0 Å². The fourth-order valence-corrected chi connectivity index (χ4v) is 7.35. The predicted octanol–water partition coefficient (Wildman–Crippen LogP) is 1.99. The zero-order chi connectivity index (χ0) is 27.6. The third kappa shape index (κ3) is 6.81. The van der Waals surface area contributed by atoms with E-state index in [1.807, 2.05) is 7.05 Å². The first-order valence-electron chi connectivity index (χ1n) is 12.2. The maximum atomic E-state index is 13.2. The fraction of sp³-hybridized carbons (Fsp3) is 0.500. The number of sulfonamides is 1. The third-order valence-corrected chi connectivity index (χ3v) is 9.79. The van der Waals surface area contributed by atoms with Crippen LogP contribution in [0.1, 0.15) is 39.6 Å². The number of fused-ring (bicyclic) bond motifs is 1. The summed E-state index contributed by atoms with van der Waals surface area (Å²) in [5.74, 6) is -0.596. The minimum absolute atomic E-state index is 0.0125. The molecule has 2 aromatic rings. The monoisotopic (exact) mass is 598 g/mol. The van der Waals surface area contributed by atoms with Crippen LogP contribution < -0.4 is 15.4 Å². The van der Waals surface area contributed by atoms with Gasteiger partial charge in [-0.15, -0.1) is 11.3 Å². The van der Waals surface area contributed by atoms with Crippen LogP contribution in [0, 0.1) is 5.92 Å². The average molecular weight is 599 g/mol. The third-order valence-electron chi connectivity index (χ3n) is 6.74. The highest BCUT2D eigenvalue weighted by Gasteiger charge is 2.37. The standard InChI is InChI=1S/C24H31ClN6O4S3/c1-30(2)23(33)14-4-9-17(28-24(36)29-38(34,35)16-7-5-15(25)6-8-16)19(12-14)26-21(32)22-27-18-10-11-31(3)13-20(18)37-22/h5-8,14,17,19H,4,9-13H2,1-3H3,(H,26,32)(H2,28,29,36)/t14-,17-,19+/m0/s1. The van der Waals surface area contributed by atoms with Crippen LogP contribution in [-0.4, -0.2) is 79.9 Å². The largest absolute Gasteiger partial charge is 0.357 e. The Balaban J connectivity index is 1.48. The SMILES string of the molecule is CN1CCc2nc(C(=O)N[C@@H]3C[C@@H](C(=O)N(C)C)CC[C@@H]3NC(=S)NS(=O)(=O)c3ccc(Cl)cc3)sc2C1. The van der Waals surface area contributed by atoms with E-state index in [4.69, 9.17) is 23.8 Å². The molecule has 0 spiro atoms. The number of nitrogens with one attached hydrogen (secondary N) is 3. The molecule has 0 unspecified atom stereocenters. The Kier molecular flexibility index (Phi) is 8.92. The molecule has 14 heteroatoms. The van der Waals surface area contributed by atoms with E-state index in [0.717, 1.165) is 30.1 Å². The lowest BCUT2D eigenvalue weighted by Crippen LogP contribution is -2.57. The van der Waals surface area contributed by atoms with Gasteiger partial charge in [-0.25, -0.2) is 13.4 Å². The van der Waals surface area contributed by atoms with Crippen molar-refractivity contribution in [3.8, 4) is 0 Å². The van der Waals surface area contributed by atoms with E-state index in [1.165, 1.54) is 35.6 Å². The Labute approximate surface area is 237 Å². The predicted molar refractivity (Wildman–Crippen MR) is 151 cm³/mol. The van der Waals surface area contributed by atoms with Gasteiger partial charge in [-0.05, 0) is 62.8 Å². The molecule has 10 nitrogen and oxygen atoms in total. The van der Waals surface area contributed by atoms with Crippen molar-refractivity contribution in [2.24, 2.45) is 5.92 Å². The van der Waals surface area contributed by atoms with Crippen molar-refractivity contribution >= 4 is 62.1 Å². The second-order valence-electron chi connectivity index (χ2n) is 9.84. The van der Waals surface area contributed by atoms with E-state index in [0.29, 0.717) is 29.3 Å². The van der Waals surface area contributed by atoms with Crippen molar-refractivity contribution in [3.05, 3.63) is 44.9 Å². The molecule has 3 N–H and O–H groups in total. The van der Waals surface area contributed by atoms with E-state index in [1.54, 1.807) is 19.0 Å². The molecule has 1 aliphatic heterocycles. The first-order valence-corrected chi connectivity index (χ1v) is 15.3. The van der Waals surface area contributed by atoms with Gasteiger partial charge < -0.3 is 20.4 Å². The van der Waals surface area contributed by atoms with Gasteiger partial charge in [0.1, 0.15) is 0 Å². The van der Waals surface area contributed by atoms with Gasteiger partial charge in [0, 0.05) is 55.5 Å². The van der Waals surface area contributed by atoms with Crippen molar-refractivity contribution in [1.82, 2.24) is 30.1 Å². The summed E-state index contributed by atoms with van der Waals surface area (Å²) in [7, 11) is 1.52. The lowest BCUT2D eigenvalue weighted by Gasteiger charge is -2.37. The minimum atomic E-state index is -3.93. The highest BCUT2D eigenvalue weighted by atomic mass is 35.5. The first kappa shape index (κ1) is 28.7. The summed E-state index contributed by atoms with van der Waals surface area (Å²) >= 11 is 12.6. The quantitative estimate of drug-likeness (QED) is 0.432. The number of benzene rings is 1. The number of hydrogen-bond acceptors (Lipinski definition) is 8. The van der Waals surface area contributed by atoms with Crippen molar-refractivity contribution in [1.29, 1.82) is 0 Å². The Morgan fingerprint density at radius 2 is 1.87 bits per heavy atom.